The Morgan fingerprint density at radius 2 is 1.89 bits per heavy atom. The van der Waals surface area contributed by atoms with Crippen LogP contribution in [-0.2, 0) is 0 Å². The molecule has 2 aromatic carbocycles. The Bertz CT molecular complexity index is 815. The normalized spacial score (nSPS) is 18.8. The van der Waals surface area contributed by atoms with E-state index in [9.17, 15) is 9.90 Å². The van der Waals surface area contributed by atoms with Crippen LogP contribution in [0.15, 0.2) is 48.5 Å². The number of anilines is 1. The number of nitrogens with one attached hydrogen (secondary N) is 1. The van der Waals surface area contributed by atoms with Crippen LogP contribution in [0, 0.1) is 0 Å². The maximum Gasteiger partial charge on any atom is 0.170 e. The van der Waals surface area contributed by atoms with Crippen LogP contribution in [0.4, 0.5) is 5.69 Å². The number of fused-ring (bicyclic) bond motifs is 1. The first-order valence-electron chi connectivity index (χ1n) is 10.1. The van der Waals surface area contributed by atoms with Crippen LogP contribution in [-0.4, -0.2) is 35.7 Å². The highest BCUT2D eigenvalue weighted by molar-refractivity contribution is 6.00. The maximum absolute atomic E-state index is 12.6. The Hall–Kier alpha value is -2.53. The summed E-state index contributed by atoms with van der Waals surface area (Å²) in [5.74, 6) is 1.38. The predicted octanol–water partition coefficient (Wildman–Crippen LogP) is 4.21. The van der Waals surface area contributed by atoms with Crippen LogP contribution in [0.3, 0.4) is 0 Å². The Labute approximate surface area is 165 Å². The minimum atomic E-state index is -0.650. The van der Waals surface area contributed by atoms with Gasteiger partial charge in [-0.1, -0.05) is 24.6 Å². The molecule has 1 atom stereocenters. The zero-order chi connectivity index (χ0) is 19.4. The van der Waals surface area contributed by atoms with Gasteiger partial charge in [-0.05, 0) is 49.9 Å². The SMILES string of the molecule is O=C1CC2(CCCCC2)Oc2cc(OCC(O)CNc3ccccc3)ccc21. The lowest BCUT2D eigenvalue weighted by atomic mass is 9.78. The molecular formula is C23H27NO4. The fraction of sp³-hybridized carbons (Fsp3) is 0.435. The van der Waals surface area contributed by atoms with Crippen LogP contribution in [0.5, 0.6) is 11.5 Å². The molecule has 1 fully saturated rings. The van der Waals surface area contributed by atoms with Crippen molar-refractivity contribution >= 4 is 11.5 Å². The van der Waals surface area contributed by atoms with Crippen molar-refractivity contribution in [2.24, 2.45) is 0 Å². The zero-order valence-electron chi connectivity index (χ0n) is 16.0. The molecule has 0 saturated heterocycles. The van der Waals surface area contributed by atoms with Crippen molar-refractivity contribution in [3.8, 4) is 11.5 Å². The van der Waals surface area contributed by atoms with Gasteiger partial charge in [-0.25, -0.2) is 0 Å². The van der Waals surface area contributed by atoms with Gasteiger partial charge in [0, 0.05) is 18.3 Å². The maximum atomic E-state index is 12.6. The van der Waals surface area contributed by atoms with Gasteiger partial charge >= 0.3 is 0 Å². The Kier molecular flexibility index (Phi) is 5.53. The van der Waals surface area contributed by atoms with E-state index in [-0.39, 0.29) is 18.0 Å². The largest absolute Gasteiger partial charge is 0.491 e. The number of rotatable bonds is 6. The molecule has 1 heterocycles. The summed E-state index contributed by atoms with van der Waals surface area (Å²) < 4.78 is 12.1. The molecule has 0 aromatic heterocycles. The summed E-state index contributed by atoms with van der Waals surface area (Å²) in [6.45, 7) is 0.560. The molecule has 5 heteroatoms. The standard InChI is InChI=1S/C23H27NO4/c25-18(15-24-17-7-3-1-4-8-17)16-27-19-9-10-20-21(26)14-23(28-22(20)13-19)11-5-2-6-12-23/h1,3-4,7-10,13,18,24-25H,2,5-6,11-12,14-16H2. The molecule has 28 heavy (non-hydrogen) atoms. The van der Waals surface area contributed by atoms with Crippen LogP contribution < -0.4 is 14.8 Å². The van der Waals surface area contributed by atoms with Crippen LogP contribution in [0.1, 0.15) is 48.9 Å². The fourth-order valence-electron chi connectivity index (χ4n) is 4.08. The quantitative estimate of drug-likeness (QED) is 0.785. The van der Waals surface area contributed by atoms with Crippen molar-refractivity contribution in [3.63, 3.8) is 0 Å². The average molecular weight is 381 g/mol. The van der Waals surface area contributed by atoms with E-state index in [1.807, 2.05) is 30.3 Å². The summed E-state index contributed by atoms with van der Waals surface area (Å²) in [7, 11) is 0. The van der Waals surface area contributed by atoms with Crippen molar-refractivity contribution in [1.82, 2.24) is 0 Å². The van der Waals surface area contributed by atoms with Crippen molar-refractivity contribution < 1.29 is 19.4 Å². The topological polar surface area (TPSA) is 67.8 Å². The third kappa shape index (κ3) is 4.30. The van der Waals surface area contributed by atoms with Gasteiger partial charge in [0.25, 0.3) is 0 Å². The number of benzene rings is 2. The molecule has 1 spiro atoms. The molecule has 1 unspecified atom stereocenters. The zero-order valence-corrected chi connectivity index (χ0v) is 16.0. The molecule has 148 valence electrons. The molecule has 2 aromatic rings. The van der Waals surface area contributed by atoms with E-state index < -0.39 is 6.10 Å². The molecular weight excluding hydrogens is 354 g/mol. The number of hydrogen-bond donors (Lipinski definition) is 2. The predicted molar refractivity (Wildman–Crippen MR) is 108 cm³/mol. The number of carbonyl (C=O) groups excluding carboxylic acids is 1. The fourth-order valence-corrected chi connectivity index (χ4v) is 4.08. The molecule has 0 radical (unpaired) electrons. The number of ether oxygens (including phenoxy) is 2. The van der Waals surface area contributed by atoms with Crippen LogP contribution in [0.2, 0.25) is 0 Å². The van der Waals surface area contributed by atoms with E-state index in [0.29, 0.717) is 30.0 Å². The molecule has 2 N–H and O–H groups in total. The third-order valence-corrected chi connectivity index (χ3v) is 5.59. The lowest BCUT2D eigenvalue weighted by Crippen LogP contribution is -2.43. The Balaban J connectivity index is 1.36. The molecule has 1 aliphatic heterocycles. The van der Waals surface area contributed by atoms with Gasteiger partial charge in [-0.15, -0.1) is 0 Å². The average Bonchev–Trinajstić information content (AvgIpc) is 2.71. The minimum Gasteiger partial charge on any atom is -0.491 e. The van der Waals surface area contributed by atoms with Crippen molar-refractivity contribution in [1.29, 1.82) is 0 Å². The summed E-state index contributed by atoms with van der Waals surface area (Å²) >= 11 is 0. The summed E-state index contributed by atoms with van der Waals surface area (Å²) in [5.41, 5.74) is 1.26. The van der Waals surface area contributed by atoms with Crippen molar-refractivity contribution in [3.05, 3.63) is 54.1 Å². The summed E-state index contributed by atoms with van der Waals surface area (Å²) in [5, 5.41) is 13.4. The molecule has 0 bridgehead atoms. The first kappa shape index (κ1) is 18.8. The first-order valence-corrected chi connectivity index (χ1v) is 10.1. The third-order valence-electron chi connectivity index (χ3n) is 5.59. The number of hydrogen-bond acceptors (Lipinski definition) is 5. The van der Waals surface area contributed by atoms with E-state index in [1.54, 1.807) is 18.2 Å². The van der Waals surface area contributed by atoms with Gasteiger partial charge in [0.05, 0.1) is 12.0 Å². The second-order valence-electron chi connectivity index (χ2n) is 7.82. The molecule has 4 rings (SSSR count). The second kappa shape index (κ2) is 8.23. The number of aliphatic hydroxyl groups is 1. The molecule has 0 amide bonds. The minimum absolute atomic E-state index is 0.154. The number of para-hydroxylation sites is 1. The Morgan fingerprint density at radius 1 is 1.11 bits per heavy atom. The van der Waals surface area contributed by atoms with E-state index in [2.05, 4.69) is 5.32 Å². The van der Waals surface area contributed by atoms with E-state index >= 15 is 0 Å². The molecule has 1 saturated carbocycles. The van der Waals surface area contributed by atoms with Gasteiger partial charge < -0.3 is 19.9 Å². The number of ketones is 1. The van der Waals surface area contributed by atoms with Crippen LogP contribution >= 0.6 is 0 Å². The van der Waals surface area contributed by atoms with Gasteiger partial charge in [0.2, 0.25) is 0 Å². The molecule has 2 aliphatic rings. The van der Waals surface area contributed by atoms with Gasteiger partial charge in [0.1, 0.15) is 29.8 Å². The van der Waals surface area contributed by atoms with Gasteiger partial charge in [-0.2, -0.15) is 0 Å². The summed E-state index contributed by atoms with van der Waals surface area (Å²) in [4.78, 5) is 12.6. The van der Waals surface area contributed by atoms with E-state index in [1.165, 1.54) is 6.42 Å². The monoisotopic (exact) mass is 381 g/mol. The van der Waals surface area contributed by atoms with E-state index in [4.69, 9.17) is 9.47 Å². The van der Waals surface area contributed by atoms with Gasteiger partial charge in [0.15, 0.2) is 5.78 Å². The summed E-state index contributed by atoms with van der Waals surface area (Å²) in [6, 6.07) is 15.1. The highest BCUT2D eigenvalue weighted by Gasteiger charge is 2.41. The smallest absolute Gasteiger partial charge is 0.170 e. The van der Waals surface area contributed by atoms with Gasteiger partial charge in [-0.3, -0.25) is 4.79 Å². The number of carbonyl (C=O) groups is 1. The number of Topliss-reactive ketones (excluding diaryl/α,β-unsaturated/α-hetero) is 1. The lowest BCUT2D eigenvalue weighted by Gasteiger charge is -2.40. The van der Waals surface area contributed by atoms with Crippen LogP contribution in [0.25, 0.3) is 0 Å². The lowest BCUT2D eigenvalue weighted by molar-refractivity contribution is 0.0133. The molecule has 1 aliphatic carbocycles. The summed E-state index contributed by atoms with van der Waals surface area (Å²) in [6.07, 6.45) is 5.14. The highest BCUT2D eigenvalue weighted by Crippen LogP contribution is 2.42. The van der Waals surface area contributed by atoms with Crippen molar-refractivity contribution in [2.75, 3.05) is 18.5 Å². The second-order valence-corrected chi connectivity index (χ2v) is 7.82. The highest BCUT2D eigenvalue weighted by atomic mass is 16.5. The first-order chi connectivity index (χ1) is 13.6. The Morgan fingerprint density at radius 3 is 2.68 bits per heavy atom. The van der Waals surface area contributed by atoms with E-state index in [0.717, 1.165) is 31.4 Å². The molecule has 5 nitrogen and oxygen atoms in total. The van der Waals surface area contributed by atoms with Crippen molar-refractivity contribution in [2.45, 2.75) is 50.2 Å². The number of aliphatic hydroxyl groups excluding tert-OH is 1.